The molecule has 0 spiro atoms. The molecule has 0 aliphatic heterocycles. The number of ketones is 1. The highest BCUT2D eigenvalue weighted by Gasteiger charge is 2.19. The van der Waals surface area contributed by atoms with Crippen LogP contribution in [0.1, 0.15) is 10.5 Å². The maximum absolute atomic E-state index is 11.0. The van der Waals surface area contributed by atoms with E-state index in [1.165, 1.54) is 6.20 Å². The van der Waals surface area contributed by atoms with E-state index in [4.69, 9.17) is 0 Å². The molecule has 14 heavy (non-hydrogen) atoms. The van der Waals surface area contributed by atoms with Gasteiger partial charge >= 0.3 is 5.97 Å². The molecule has 0 saturated heterocycles. The van der Waals surface area contributed by atoms with Gasteiger partial charge in [-0.3, -0.25) is 4.79 Å². The molecule has 0 amide bonds. The molecule has 0 atom stereocenters. The van der Waals surface area contributed by atoms with Crippen LogP contribution in [0.2, 0.25) is 0 Å². The Hall–Kier alpha value is -2.17. The van der Waals surface area contributed by atoms with Gasteiger partial charge in [0.1, 0.15) is 11.3 Å². The second kappa shape index (κ2) is 2.95. The number of Topliss-reactive ketones (excluding diaryl/α,β-unsaturated/α-hetero) is 1. The predicted molar refractivity (Wildman–Crippen MR) is 45.2 cm³/mol. The topological polar surface area (TPSA) is 71.3 Å². The molecule has 0 fully saturated rings. The lowest BCUT2D eigenvalue weighted by molar-refractivity contribution is -0.137. The minimum atomic E-state index is -1.74. The second-order valence-electron chi connectivity index (χ2n) is 2.71. The van der Waals surface area contributed by atoms with Gasteiger partial charge < -0.3 is 4.40 Å². The Kier molecular flexibility index (Phi) is 1.78. The van der Waals surface area contributed by atoms with Gasteiger partial charge in [0.05, 0.1) is 0 Å². The molecule has 5 nitrogen and oxygen atoms in total. The number of pyridine rings is 1. The van der Waals surface area contributed by atoms with Crippen LogP contribution in [0, 0.1) is 0 Å². The Bertz CT molecular complexity index is 483. The zero-order valence-corrected chi connectivity index (χ0v) is 7.01. The van der Waals surface area contributed by atoms with Gasteiger partial charge in [-0.1, -0.05) is 6.07 Å². The minimum absolute atomic E-state index is 0.115. The van der Waals surface area contributed by atoms with Crippen molar-refractivity contribution in [2.75, 3.05) is 0 Å². The van der Waals surface area contributed by atoms with Crippen LogP contribution in [-0.2, 0) is 9.90 Å². The molecular formula is C9H5N2O3. The summed E-state index contributed by atoms with van der Waals surface area (Å²) < 4.78 is 1.57. The highest BCUT2D eigenvalue weighted by Crippen LogP contribution is 2.04. The van der Waals surface area contributed by atoms with Gasteiger partial charge in [0.25, 0.3) is 5.78 Å². The lowest BCUT2D eigenvalue weighted by atomic mass is 10.3. The maximum Gasteiger partial charge on any atom is 0.428 e. The highest BCUT2D eigenvalue weighted by atomic mass is 16.4. The lowest BCUT2D eigenvalue weighted by Crippen LogP contribution is -2.11. The van der Waals surface area contributed by atoms with Crippen LogP contribution < -0.4 is 0 Å². The van der Waals surface area contributed by atoms with Gasteiger partial charge in [0.15, 0.2) is 0 Å². The summed E-state index contributed by atoms with van der Waals surface area (Å²) in [6.45, 7) is 0. The maximum atomic E-state index is 11.0. The van der Waals surface area contributed by atoms with Crippen LogP contribution in [0.25, 0.3) is 5.65 Å². The fourth-order valence-electron chi connectivity index (χ4n) is 1.15. The minimum Gasteiger partial charge on any atom is -0.306 e. The van der Waals surface area contributed by atoms with E-state index in [0.717, 1.165) is 0 Å². The monoisotopic (exact) mass is 189 g/mol. The Balaban J connectivity index is 2.55. The predicted octanol–water partition coefficient (Wildman–Crippen LogP) is 0.474. The van der Waals surface area contributed by atoms with Crippen LogP contribution in [0.5, 0.6) is 0 Å². The number of aromatic nitrogens is 2. The Morgan fingerprint density at radius 3 is 2.71 bits per heavy atom. The first-order valence-corrected chi connectivity index (χ1v) is 3.88. The molecule has 0 saturated carbocycles. The van der Waals surface area contributed by atoms with Gasteiger partial charge in [0, 0.05) is 12.4 Å². The van der Waals surface area contributed by atoms with Gasteiger partial charge in [-0.15, -0.1) is 0 Å². The third-order valence-corrected chi connectivity index (χ3v) is 1.78. The molecule has 0 aliphatic rings. The Morgan fingerprint density at radius 2 is 2.07 bits per heavy atom. The molecule has 0 aliphatic carbocycles. The van der Waals surface area contributed by atoms with E-state index in [-0.39, 0.29) is 5.69 Å². The molecule has 2 rings (SSSR count). The summed E-state index contributed by atoms with van der Waals surface area (Å²) in [4.78, 5) is 25.1. The van der Waals surface area contributed by atoms with E-state index in [0.29, 0.717) is 5.65 Å². The summed E-state index contributed by atoms with van der Waals surface area (Å²) >= 11 is 0. The summed E-state index contributed by atoms with van der Waals surface area (Å²) in [5.41, 5.74) is 0.410. The smallest absolute Gasteiger partial charge is 0.306 e. The third-order valence-electron chi connectivity index (χ3n) is 1.78. The van der Waals surface area contributed by atoms with E-state index >= 15 is 0 Å². The molecule has 5 heteroatoms. The van der Waals surface area contributed by atoms with Crippen molar-refractivity contribution in [3.05, 3.63) is 36.3 Å². The largest absolute Gasteiger partial charge is 0.428 e. The van der Waals surface area contributed by atoms with Crippen molar-refractivity contribution < 1.29 is 14.7 Å². The average molecular weight is 189 g/mol. The number of rotatable bonds is 2. The molecule has 2 heterocycles. The molecule has 0 bridgehead atoms. The van der Waals surface area contributed by atoms with Crippen molar-refractivity contribution in [1.82, 2.24) is 9.38 Å². The number of nitrogens with zero attached hydrogens (tertiary/aromatic N) is 2. The molecule has 2 aromatic rings. The number of carbonyl (C=O) groups excluding carboxylic acids is 2. The van der Waals surface area contributed by atoms with Crippen molar-refractivity contribution in [3.63, 3.8) is 0 Å². The van der Waals surface area contributed by atoms with Gasteiger partial charge in [-0.05, 0) is 12.1 Å². The van der Waals surface area contributed by atoms with E-state index < -0.39 is 11.8 Å². The van der Waals surface area contributed by atoms with Crippen molar-refractivity contribution in [2.45, 2.75) is 0 Å². The quantitative estimate of drug-likeness (QED) is 0.509. The van der Waals surface area contributed by atoms with Crippen molar-refractivity contribution in [1.29, 1.82) is 0 Å². The van der Waals surface area contributed by atoms with E-state index in [1.54, 1.807) is 28.8 Å². The fraction of sp³-hybridized carbons (Fsp3) is 0. The molecule has 0 N–H and O–H groups in total. The van der Waals surface area contributed by atoms with Crippen molar-refractivity contribution >= 4 is 17.4 Å². The van der Waals surface area contributed by atoms with Gasteiger partial charge in [0.2, 0.25) is 0 Å². The summed E-state index contributed by atoms with van der Waals surface area (Å²) in [5, 5.41) is 10.3. The molecule has 0 unspecified atom stereocenters. The molecule has 2 aromatic heterocycles. The van der Waals surface area contributed by atoms with E-state index in [2.05, 4.69) is 4.98 Å². The molecular weight excluding hydrogens is 184 g/mol. The number of hydrogen-bond acceptors (Lipinski definition) is 3. The summed E-state index contributed by atoms with van der Waals surface area (Å²) in [6.07, 6.45) is 3.03. The van der Waals surface area contributed by atoms with Gasteiger partial charge in [-0.25, -0.2) is 14.9 Å². The SMILES string of the molecule is [O]C(=O)C(=O)c1cn2ccccc2n1. The first kappa shape index (κ1) is 8.43. The van der Waals surface area contributed by atoms with Crippen LogP contribution >= 0.6 is 0 Å². The molecule has 0 aromatic carbocycles. The third kappa shape index (κ3) is 1.24. The number of hydrogen-bond donors (Lipinski definition) is 0. The molecule has 69 valence electrons. The fourth-order valence-corrected chi connectivity index (χ4v) is 1.15. The van der Waals surface area contributed by atoms with Crippen LogP contribution in [-0.4, -0.2) is 21.1 Å². The Labute approximate surface area is 78.6 Å². The average Bonchev–Trinajstić information content (AvgIpc) is 2.59. The zero-order chi connectivity index (χ0) is 10.1. The first-order chi connectivity index (χ1) is 6.68. The number of imidazole rings is 1. The zero-order valence-electron chi connectivity index (χ0n) is 7.01. The first-order valence-electron chi connectivity index (χ1n) is 3.88. The Morgan fingerprint density at radius 1 is 1.29 bits per heavy atom. The van der Waals surface area contributed by atoms with E-state index in [1.807, 2.05) is 0 Å². The van der Waals surface area contributed by atoms with E-state index in [9.17, 15) is 14.7 Å². The van der Waals surface area contributed by atoms with Crippen molar-refractivity contribution in [3.8, 4) is 0 Å². The molecule has 1 radical (unpaired) electrons. The van der Waals surface area contributed by atoms with Crippen LogP contribution in [0.3, 0.4) is 0 Å². The van der Waals surface area contributed by atoms with Crippen LogP contribution in [0.4, 0.5) is 0 Å². The van der Waals surface area contributed by atoms with Gasteiger partial charge in [-0.2, -0.15) is 0 Å². The lowest BCUT2D eigenvalue weighted by Gasteiger charge is -1.86. The van der Waals surface area contributed by atoms with Crippen molar-refractivity contribution in [2.24, 2.45) is 0 Å². The summed E-state index contributed by atoms with van der Waals surface area (Å²) in [5.74, 6) is -2.85. The number of fused-ring (bicyclic) bond motifs is 1. The number of carbonyl (C=O) groups is 2. The van der Waals surface area contributed by atoms with Crippen LogP contribution in [0.15, 0.2) is 30.6 Å². The standard InChI is InChI=1S/C9H5N2O3/c12-8(9(13)14)6-5-11-4-2-1-3-7(11)10-6/h1-5H. The summed E-state index contributed by atoms with van der Waals surface area (Å²) in [6, 6.07) is 5.17. The summed E-state index contributed by atoms with van der Waals surface area (Å²) in [7, 11) is 0. The normalized spacial score (nSPS) is 10.3. The second-order valence-corrected chi connectivity index (χ2v) is 2.71. The highest BCUT2D eigenvalue weighted by molar-refractivity contribution is 6.39.